The Morgan fingerprint density at radius 2 is 1.74 bits per heavy atom. The molecule has 4 aliphatic carbocycles. The molecule has 1 unspecified atom stereocenters. The van der Waals surface area contributed by atoms with E-state index in [9.17, 15) is 26.5 Å². The van der Waals surface area contributed by atoms with E-state index in [2.05, 4.69) is 33.8 Å². The number of aliphatic hydroxyl groups excluding tert-OH is 1. The van der Waals surface area contributed by atoms with Gasteiger partial charge in [0.1, 0.15) is 0 Å². The molecule has 0 radical (unpaired) electrons. The molecule has 3 fully saturated rings. The lowest BCUT2D eigenvalue weighted by Gasteiger charge is -2.59. The van der Waals surface area contributed by atoms with Gasteiger partial charge in [0, 0.05) is 11.8 Å². The minimum atomic E-state index is -4.59. The molecule has 0 aliphatic heterocycles. The fourth-order valence-corrected chi connectivity index (χ4v) is 9.94. The van der Waals surface area contributed by atoms with E-state index < -0.39 is 38.4 Å². The highest BCUT2D eigenvalue weighted by Gasteiger charge is 2.61. The monoisotopic (exact) mass is 578 g/mol. The molecule has 0 heterocycles. The van der Waals surface area contributed by atoms with Crippen molar-refractivity contribution in [2.75, 3.05) is 6.61 Å². The van der Waals surface area contributed by atoms with E-state index in [0.29, 0.717) is 30.1 Å². The van der Waals surface area contributed by atoms with E-state index in [1.807, 2.05) is 0 Å². The molecule has 220 valence electrons. The van der Waals surface area contributed by atoms with Crippen molar-refractivity contribution in [2.45, 2.75) is 104 Å². The number of fused-ring (bicyclic) bond motifs is 5. The number of hydrogen-bond donors (Lipinski definition) is 3. The normalized spacial score (nSPS) is 40.3. The fourth-order valence-electron chi connectivity index (χ4n) is 9.11. The first kappa shape index (κ1) is 30.4. The molecule has 0 aromatic carbocycles. The maximum absolute atomic E-state index is 11.4. The van der Waals surface area contributed by atoms with Crippen LogP contribution >= 0.6 is 0 Å². The summed E-state index contributed by atoms with van der Waals surface area (Å²) in [4.78, 5) is 0. The fraction of sp³-hybridized carbons (Fsp3) is 0.926. The predicted octanol–water partition coefficient (Wildman–Crippen LogP) is 4.99. The summed E-state index contributed by atoms with van der Waals surface area (Å²) >= 11 is 0. The quantitative estimate of drug-likeness (QED) is 0.241. The van der Waals surface area contributed by atoms with Gasteiger partial charge in [-0.3, -0.25) is 9.11 Å². The highest BCUT2D eigenvalue weighted by Crippen LogP contribution is 2.67. The van der Waals surface area contributed by atoms with E-state index in [-0.39, 0.29) is 30.3 Å². The SMILES string of the molecule is CC(C)CCC[C@@H](COS(=O)(=O)O)[C@H]1CC[C@H]2C3CC=C4C[C@@H](OS(=O)(=O)O)C[C@@H](O)[C@]4(C)[C@H]3CC[C@]12C. The van der Waals surface area contributed by atoms with Crippen LogP contribution in [0.3, 0.4) is 0 Å². The molecule has 9 nitrogen and oxygen atoms in total. The van der Waals surface area contributed by atoms with Gasteiger partial charge in [-0.25, -0.2) is 8.37 Å². The summed E-state index contributed by atoms with van der Waals surface area (Å²) in [6.45, 7) is 8.82. The molecule has 38 heavy (non-hydrogen) atoms. The molecule has 4 aliphatic rings. The second kappa shape index (κ2) is 11.0. The van der Waals surface area contributed by atoms with Crippen LogP contribution in [0.1, 0.15) is 91.9 Å². The third kappa shape index (κ3) is 6.19. The van der Waals surface area contributed by atoms with Gasteiger partial charge >= 0.3 is 20.8 Å². The summed E-state index contributed by atoms with van der Waals surface area (Å²) in [5.41, 5.74) is 0.577. The first-order chi connectivity index (χ1) is 17.5. The van der Waals surface area contributed by atoms with Crippen molar-refractivity contribution in [1.82, 2.24) is 0 Å². The van der Waals surface area contributed by atoms with Crippen LogP contribution in [-0.4, -0.2) is 49.9 Å². The van der Waals surface area contributed by atoms with Crippen LogP contribution in [0.4, 0.5) is 0 Å². The number of hydrogen-bond acceptors (Lipinski definition) is 7. The smallest absolute Gasteiger partial charge is 0.392 e. The zero-order valence-electron chi connectivity index (χ0n) is 23.1. The molecule has 0 aromatic heterocycles. The van der Waals surface area contributed by atoms with E-state index in [1.54, 1.807) is 0 Å². The predicted molar refractivity (Wildman–Crippen MR) is 143 cm³/mol. The molecule has 0 bridgehead atoms. The molecule has 0 saturated heterocycles. The summed E-state index contributed by atoms with van der Waals surface area (Å²) in [5.74, 6) is 1.97. The van der Waals surface area contributed by atoms with Gasteiger partial charge in [-0.2, -0.15) is 16.8 Å². The van der Waals surface area contributed by atoms with Crippen LogP contribution in [0.2, 0.25) is 0 Å². The van der Waals surface area contributed by atoms with Crippen LogP contribution < -0.4 is 0 Å². The standard InChI is InChI=1S/C27H46O9S2/c1-17(2)6-5-7-18(16-35-37(29,30)31)22-10-11-23-21-9-8-19-14-20(36-38(32,33)34)15-25(28)27(19,4)24(21)12-13-26(22,23)3/h8,17-18,20-25,28H,5-7,9-16H2,1-4H3,(H,29,30,31)(H,32,33,34)/t18-,20+,21?,22+,23-,24-,25+,26+,27-/m0/s1. The van der Waals surface area contributed by atoms with Crippen molar-refractivity contribution < 1.29 is 39.4 Å². The van der Waals surface area contributed by atoms with Crippen LogP contribution in [0.15, 0.2) is 11.6 Å². The molecule has 9 atom stereocenters. The van der Waals surface area contributed by atoms with Gasteiger partial charge in [-0.15, -0.1) is 0 Å². The summed E-state index contributed by atoms with van der Waals surface area (Å²) in [5, 5.41) is 11.3. The molecule has 0 amide bonds. The van der Waals surface area contributed by atoms with Crippen molar-refractivity contribution in [3.8, 4) is 0 Å². The van der Waals surface area contributed by atoms with E-state index in [4.69, 9.17) is 12.9 Å². The summed E-state index contributed by atoms with van der Waals surface area (Å²) in [6.07, 6.45) is 8.88. The van der Waals surface area contributed by atoms with Crippen LogP contribution in [-0.2, 0) is 29.2 Å². The number of aliphatic hydroxyl groups is 1. The second-order valence-corrected chi connectivity index (χ2v) is 15.4. The first-order valence-corrected chi connectivity index (χ1v) is 16.9. The number of rotatable bonds is 10. The summed E-state index contributed by atoms with van der Waals surface area (Å²) in [7, 11) is -9.09. The lowest BCUT2D eigenvalue weighted by Crippen LogP contribution is -2.56. The third-order valence-electron chi connectivity index (χ3n) is 10.8. The topological polar surface area (TPSA) is 147 Å². The molecular weight excluding hydrogens is 532 g/mol. The molecular formula is C27H46O9S2. The maximum atomic E-state index is 11.4. The Labute approximate surface area is 228 Å². The Morgan fingerprint density at radius 1 is 1.03 bits per heavy atom. The molecule has 3 saturated carbocycles. The average Bonchev–Trinajstić information content (AvgIpc) is 3.12. The van der Waals surface area contributed by atoms with Gasteiger partial charge < -0.3 is 5.11 Å². The third-order valence-corrected chi connectivity index (χ3v) is 11.8. The average molecular weight is 579 g/mol. The van der Waals surface area contributed by atoms with Crippen molar-refractivity contribution in [3.05, 3.63) is 11.6 Å². The molecule has 0 spiro atoms. The van der Waals surface area contributed by atoms with Gasteiger partial charge in [-0.05, 0) is 85.9 Å². The maximum Gasteiger partial charge on any atom is 0.397 e. The zero-order chi connectivity index (χ0) is 28.1. The molecule has 3 N–H and O–H groups in total. The van der Waals surface area contributed by atoms with Gasteiger partial charge in [-0.1, -0.05) is 52.2 Å². The van der Waals surface area contributed by atoms with Gasteiger partial charge in [0.2, 0.25) is 0 Å². The van der Waals surface area contributed by atoms with Crippen molar-refractivity contribution in [2.24, 2.45) is 46.3 Å². The Balaban J connectivity index is 1.55. The Kier molecular flexibility index (Phi) is 8.82. The van der Waals surface area contributed by atoms with Crippen LogP contribution in [0.25, 0.3) is 0 Å². The van der Waals surface area contributed by atoms with Gasteiger partial charge in [0.15, 0.2) is 0 Å². The van der Waals surface area contributed by atoms with E-state index in [0.717, 1.165) is 56.9 Å². The Morgan fingerprint density at radius 3 is 2.37 bits per heavy atom. The zero-order valence-corrected chi connectivity index (χ0v) is 24.7. The van der Waals surface area contributed by atoms with Gasteiger partial charge in [0.05, 0.1) is 18.8 Å². The summed E-state index contributed by atoms with van der Waals surface area (Å²) < 4.78 is 73.7. The van der Waals surface area contributed by atoms with Crippen molar-refractivity contribution >= 4 is 20.8 Å². The van der Waals surface area contributed by atoms with E-state index >= 15 is 0 Å². The van der Waals surface area contributed by atoms with Crippen LogP contribution in [0, 0.1) is 46.3 Å². The van der Waals surface area contributed by atoms with Crippen molar-refractivity contribution in [1.29, 1.82) is 0 Å². The molecule has 11 heteroatoms. The van der Waals surface area contributed by atoms with Gasteiger partial charge in [0.25, 0.3) is 0 Å². The first-order valence-electron chi connectivity index (χ1n) is 14.2. The lowest BCUT2D eigenvalue weighted by atomic mass is 9.46. The lowest BCUT2D eigenvalue weighted by molar-refractivity contribution is -0.107. The number of allylic oxidation sites excluding steroid dienone is 1. The minimum absolute atomic E-state index is 0.00757. The molecule has 4 rings (SSSR count). The van der Waals surface area contributed by atoms with Crippen LogP contribution in [0.5, 0.6) is 0 Å². The Bertz CT molecular complexity index is 1100. The van der Waals surface area contributed by atoms with E-state index in [1.165, 1.54) is 0 Å². The highest BCUT2D eigenvalue weighted by atomic mass is 32.3. The molecule has 0 aromatic rings. The minimum Gasteiger partial charge on any atom is -0.392 e. The summed E-state index contributed by atoms with van der Waals surface area (Å²) in [6, 6.07) is 0. The largest absolute Gasteiger partial charge is 0.397 e. The Hall–Kier alpha value is -0.560. The van der Waals surface area contributed by atoms with Crippen molar-refractivity contribution in [3.63, 3.8) is 0 Å². The second-order valence-electron chi connectivity index (χ2n) is 13.3. The highest BCUT2D eigenvalue weighted by molar-refractivity contribution is 7.81.